The highest BCUT2D eigenvalue weighted by Crippen LogP contribution is 2.30. The van der Waals surface area contributed by atoms with Crippen molar-refractivity contribution < 1.29 is 9.53 Å². The highest BCUT2D eigenvalue weighted by atomic mass is 32.1. The number of allylic oxidation sites excluding steroid dienone is 1. The highest BCUT2D eigenvalue weighted by molar-refractivity contribution is 7.07. The molecular formula is C23H24N4O3S. The summed E-state index contributed by atoms with van der Waals surface area (Å²) >= 11 is 1.32. The van der Waals surface area contributed by atoms with Crippen LogP contribution in [0.15, 0.2) is 57.6 Å². The first-order chi connectivity index (χ1) is 14.9. The van der Waals surface area contributed by atoms with Crippen molar-refractivity contribution in [1.82, 2.24) is 14.3 Å². The van der Waals surface area contributed by atoms with E-state index in [-0.39, 0.29) is 12.2 Å². The molecule has 2 aromatic heterocycles. The molecule has 0 saturated carbocycles. The van der Waals surface area contributed by atoms with E-state index in [0.29, 0.717) is 20.6 Å². The fraction of sp³-hybridized carbons (Fsp3) is 0.304. The molecule has 0 radical (unpaired) electrons. The summed E-state index contributed by atoms with van der Waals surface area (Å²) in [7, 11) is 0. The van der Waals surface area contributed by atoms with Crippen molar-refractivity contribution in [2.45, 2.75) is 40.3 Å². The van der Waals surface area contributed by atoms with Crippen molar-refractivity contribution in [3.63, 3.8) is 0 Å². The third-order valence-corrected chi connectivity index (χ3v) is 6.21. The van der Waals surface area contributed by atoms with Gasteiger partial charge in [-0.25, -0.2) is 9.79 Å². The van der Waals surface area contributed by atoms with Gasteiger partial charge in [-0.05, 0) is 39.3 Å². The van der Waals surface area contributed by atoms with Crippen LogP contribution in [0.2, 0.25) is 0 Å². The molecular weight excluding hydrogens is 412 g/mol. The molecule has 8 heteroatoms. The molecule has 0 aliphatic carbocycles. The number of hydrogen-bond donors (Lipinski definition) is 0. The molecule has 160 valence electrons. The van der Waals surface area contributed by atoms with Crippen molar-refractivity contribution in [1.29, 1.82) is 0 Å². The van der Waals surface area contributed by atoms with Gasteiger partial charge in [-0.3, -0.25) is 14.0 Å². The topological polar surface area (TPSA) is 78.5 Å². The minimum Gasteiger partial charge on any atom is -0.463 e. The van der Waals surface area contributed by atoms with Gasteiger partial charge in [0.1, 0.15) is 0 Å². The van der Waals surface area contributed by atoms with Crippen LogP contribution in [0.25, 0.3) is 6.08 Å². The Morgan fingerprint density at radius 2 is 1.97 bits per heavy atom. The maximum atomic E-state index is 13.5. The van der Waals surface area contributed by atoms with E-state index in [1.165, 1.54) is 11.3 Å². The monoisotopic (exact) mass is 436 g/mol. The molecule has 1 unspecified atom stereocenters. The number of esters is 1. The molecule has 1 atom stereocenters. The number of nitrogens with zero attached hydrogens (tertiary/aromatic N) is 4. The number of thiazole rings is 1. The van der Waals surface area contributed by atoms with Gasteiger partial charge in [-0.1, -0.05) is 41.7 Å². The van der Waals surface area contributed by atoms with Gasteiger partial charge in [-0.2, -0.15) is 5.10 Å². The number of aryl methyl sites for hydroxylation is 2. The minimum absolute atomic E-state index is 0.185. The first kappa shape index (κ1) is 21.0. The molecule has 7 nitrogen and oxygen atoms in total. The molecule has 1 aliphatic rings. The van der Waals surface area contributed by atoms with Gasteiger partial charge in [-0.15, -0.1) is 0 Å². The van der Waals surface area contributed by atoms with Crippen molar-refractivity contribution in [2.24, 2.45) is 4.99 Å². The molecule has 0 amide bonds. The molecule has 1 aromatic carbocycles. The van der Waals surface area contributed by atoms with E-state index in [0.717, 1.165) is 23.4 Å². The number of ether oxygens (including phenoxy) is 1. The Morgan fingerprint density at radius 1 is 1.23 bits per heavy atom. The molecule has 0 N–H and O–H groups in total. The van der Waals surface area contributed by atoms with Crippen LogP contribution < -0.4 is 14.9 Å². The summed E-state index contributed by atoms with van der Waals surface area (Å²) in [6, 6.07) is 8.93. The smallest absolute Gasteiger partial charge is 0.338 e. The van der Waals surface area contributed by atoms with E-state index in [1.54, 1.807) is 18.4 Å². The van der Waals surface area contributed by atoms with Crippen LogP contribution in [0.3, 0.4) is 0 Å². The van der Waals surface area contributed by atoms with E-state index < -0.39 is 12.0 Å². The van der Waals surface area contributed by atoms with Gasteiger partial charge in [0.05, 0.1) is 34.1 Å². The fourth-order valence-corrected chi connectivity index (χ4v) is 4.76. The third kappa shape index (κ3) is 3.79. The second-order valence-corrected chi connectivity index (χ2v) is 8.25. The number of aromatic nitrogens is 3. The van der Waals surface area contributed by atoms with Gasteiger partial charge in [0.25, 0.3) is 5.56 Å². The van der Waals surface area contributed by atoms with Crippen molar-refractivity contribution >= 4 is 23.4 Å². The first-order valence-corrected chi connectivity index (χ1v) is 11.0. The zero-order valence-corrected chi connectivity index (χ0v) is 18.8. The molecule has 0 bridgehead atoms. The standard InChI is InChI=1S/C23H24N4O3S/c1-5-26-13-17(14(3)25-26)12-18-21(28)27-20(16-10-8-7-9-11-16)19(22(29)30-6-2)15(4)24-23(27)31-18/h7-13,20H,5-6H2,1-4H3. The lowest BCUT2D eigenvalue weighted by Gasteiger charge is -2.24. The predicted molar refractivity (Wildman–Crippen MR) is 119 cm³/mol. The zero-order valence-electron chi connectivity index (χ0n) is 18.0. The van der Waals surface area contributed by atoms with Gasteiger partial charge < -0.3 is 4.74 Å². The van der Waals surface area contributed by atoms with E-state index in [2.05, 4.69) is 10.1 Å². The molecule has 3 aromatic rings. The first-order valence-electron chi connectivity index (χ1n) is 10.2. The summed E-state index contributed by atoms with van der Waals surface area (Å²) < 4.78 is 9.30. The average Bonchev–Trinajstić information content (AvgIpc) is 3.27. The van der Waals surface area contributed by atoms with E-state index in [1.807, 2.05) is 61.1 Å². The maximum Gasteiger partial charge on any atom is 0.338 e. The second-order valence-electron chi connectivity index (χ2n) is 7.24. The lowest BCUT2D eigenvalue weighted by Crippen LogP contribution is -2.39. The summed E-state index contributed by atoms with van der Waals surface area (Å²) in [5, 5.41) is 4.46. The Kier molecular flexibility index (Phi) is 5.73. The molecule has 0 fully saturated rings. The van der Waals surface area contributed by atoms with Crippen molar-refractivity contribution in [2.75, 3.05) is 6.61 Å². The largest absolute Gasteiger partial charge is 0.463 e. The predicted octanol–water partition coefficient (Wildman–Crippen LogP) is 2.32. The number of benzene rings is 1. The van der Waals surface area contributed by atoms with Crippen LogP contribution in [0.1, 0.15) is 43.6 Å². The van der Waals surface area contributed by atoms with Crippen LogP contribution in [-0.4, -0.2) is 26.9 Å². The van der Waals surface area contributed by atoms with Crippen LogP contribution >= 0.6 is 11.3 Å². The summed E-state index contributed by atoms with van der Waals surface area (Å²) in [5.74, 6) is -0.452. The molecule has 0 spiro atoms. The zero-order chi connectivity index (χ0) is 22.1. The quantitative estimate of drug-likeness (QED) is 0.575. The number of carbonyl (C=O) groups excluding carboxylic acids is 1. The van der Waals surface area contributed by atoms with Gasteiger partial charge in [0.2, 0.25) is 0 Å². The summed E-state index contributed by atoms with van der Waals surface area (Å²) in [6.45, 7) is 8.50. The Bertz CT molecular complexity index is 1350. The Labute approximate surface area is 183 Å². The maximum absolute atomic E-state index is 13.5. The summed E-state index contributed by atoms with van der Waals surface area (Å²) in [4.78, 5) is 31.5. The Balaban J connectivity index is 1.95. The Hall–Kier alpha value is -3.26. The molecule has 31 heavy (non-hydrogen) atoms. The fourth-order valence-electron chi connectivity index (χ4n) is 3.72. The number of carbonyl (C=O) groups is 1. The second kappa shape index (κ2) is 8.47. The Morgan fingerprint density at radius 3 is 2.61 bits per heavy atom. The molecule has 0 saturated heterocycles. The van der Waals surface area contributed by atoms with Crippen LogP contribution in [0.5, 0.6) is 0 Å². The SMILES string of the molecule is CCOC(=O)C1=C(C)N=c2sc(=Cc3cn(CC)nc3C)c(=O)n2C1c1ccccc1. The lowest BCUT2D eigenvalue weighted by molar-refractivity contribution is -0.139. The van der Waals surface area contributed by atoms with Crippen LogP contribution in [0.4, 0.5) is 0 Å². The minimum atomic E-state index is -0.585. The highest BCUT2D eigenvalue weighted by Gasteiger charge is 2.33. The lowest BCUT2D eigenvalue weighted by atomic mass is 9.96. The van der Waals surface area contributed by atoms with E-state index >= 15 is 0 Å². The number of hydrogen-bond acceptors (Lipinski definition) is 6. The summed E-state index contributed by atoms with van der Waals surface area (Å²) in [6.07, 6.45) is 3.78. The van der Waals surface area contributed by atoms with Crippen LogP contribution in [0, 0.1) is 6.92 Å². The summed E-state index contributed by atoms with van der Waals surface area (Å²) in [5.41, 5.74) is 3.36. The average molecular weight is 437 g/mol. The third-order valence-electron chi connectivity index (χ3n) is 5.23. The number of rotatable bonds is 5. The normalized spacial score (nSPS) is 16.3. The van der Waals surface area contributed by atoms with Crippen molar-refractivity contribution in [3.8, 4) is 0 Å². The van der Waals surface area contributed by atoms with Gasteiger partial charge in [0, 0.05) is 18.3 Å². The molecule has 1 aliphatic heterocycles. The van der Waals surface area contributed by atoms with E-state index in [4.69, 9.17) is 4.74 Å². The van der Waals surface area contributed by atoms with Crippen LogP contribution in [-0.2, 0) is 16.1 Å². The van der Waals surface area contributed by atoms with Gasteiger partial charge in [0.15, 0.2) is 4.80 Å². The van der Waals surface area contributed by atoms with Crippen molar-refractivity contribution in [3.05, 3.63) is 84.3 Å². The van der Waals surface area contributed by atoms with Gasteiger partial charge >= 0.3 is 5.97 Å². The number of fused-ring (bicyclic) bond motifs is 1. The van der Waals surface area contributed by atoms with E-state index in [9.17, 15) is 9.59 Å². The molecule has 3 heterocycles. The molecule has 4 rings (SSSR count).